The summed E-state index contributed by atoms with van der Waals surface area (Å²) in [4.78, 5) is 38.2. The molecule has 0 saturated carbocycles. The third-order valence-corrected chi connectivity index (χ3v) is 6.50. The lowest BCUT2D eigenvalue weighted by Gasteiger charge is -2.39. The Morgan fingerprint density at radius 3 is 2.18 bits per heavy atom. The highest BCUT2D eigenvalue weighted by Crippen LogP contribution is 2.35. The average molecular weight is 460 g/mol. The first-order valence-electron chi connectivity index (χ1n) is 12.6. The number of ether oxygens (including phenoxy) is 2. The van der Waals surface area contributed by atoms with Crippen LogP contribution in [0.1, 0.15) is 89.3 Å². The third-order valence-electron chi connectivity index (χ3n) is 6.50. The summed E-state index contributed by atoms with van der Waals surface area (Å²) in [6.07, 6.45) is 10.6. The van der Waals surface area contributed by atoms with E-state index < -0.39 is 29.3 Å². The Morgan fingerprint density at radius 1 is 0.939 bits per heavy atom. The highest BCUT2D eigenvalue weighted by Gasteiger charge is 2.56. The van der Waals surface area contributed by atoms with Gasteiger partial charge in [-0.3, -0.25) is 4.79 Å². The quantitative estimate of drug-likeness (QED) is 0.263. The normalized spacial score (nSPS) is 15.5. The summed E-state index contributed by atoms with van der Waals surface area (Å²) in [7, 11) is 0. The van der Waals surface area contributed by atoms with Crippen LogP contribution in [0.25, 0.3) is 0 Å². The molecule has 1 aromatic rings. The number of carbonyl (C=O) groups is 3. The van der Waals surface area contributed by atoms with E-state index in [4.69, 9.17) is 9.47 Å². The molecule has 2 rings (SSSR count). The molecule has 184 valence electrons. The number of fused-ring (bicyclic) bond motifs is 1. The van der Waals surface area contributed by atoms with Gasteiger partial charge in [-0.15, -0.1) is 0 Å². The number of hydrogen-bond donors (Lipinski definition) is 1. The zero-order valence-electron chi connectivity index (χ0n) is 20.8. The van der Waals surface area contributed by atoms with Gasteiger partial charge < -0.3 is 14.8 Å². The number of esters is 2. The van der Waals surface area contributed by atoms with Gasteiger partial charge in [-0.1, -0.05) is 57.2 Å². The number of unbranched alkanes of at least 4 members (excludes halogenated alkanes) is 5. The zero-order valence-corrected chi connectivity index (χ0v) is 20.8. The van der Waals surface area contributed by atoms with Gasteiger partial charge in [-0.25, -0.2) is 9.59 Å². The fourth-order valence-electron chi connectivity index (χ4n) is 4.83. The first-order valence-corrected chi connectivity index (χ1v) is 12.6. The molecule has 0 radical (unpaired) electrons. The lowest BCUT2D eigenvalue weighted by Crippen LogP contribution is -2.66. The maximum Gasteiger partial charge on any atom is 0.344 e. The van der Waals surface area contributed by atoms with Gasteiger partial charge in [0.2, 0.25) is 11.4 Å². The molecule has 1 amide bonds. The highest BCUT2D eigenvalue weighted by molar-refractivity contribution is 6.08. The molecular formula is C27H41NO5. The molecule has 0 aliphatic heterocycles. The van der Waals surface area contributed by atoms with Crippen molar-refractivity contribution in [2.75, 3.05) is 13.2 Å². The number of amides is 1. The molecule has 6 nitrogen and oxygen atoms in total. The minimum Gasteiger partial charge on any atom is -0.464 e. The van der Waals surface area contributed by atoms with Gasteiger partial charge in [0, 0.05) is 12.8 Å². The van der Waals surface area contributed by atoms with Crippen LogP contribution in [0.3, 0.4) is 0 Å². The molecule has 0 fully saturated rings. The van der Waals surface area contributed by atoms with Crippen molar-refractivity contribution < 1.29 is 23.9 Å². The second-order valence-corrected chi connectivity index (χ2v) is 8.99. The first-order chi connectivity index (χ1) is 15.9. The van der Waals surface area contributed by atoms with Crippen molar-refractivity contribution in [3.8, 4) is 0 Å². The lowest BCUT2D eigenvalue weighted by molar-refractivity contribution is -0.172. The SMILES string of the molecule is CCCCCCCCc1ccc2c(c1)CCC(C(NC(C)=O)(C(=O)OCC)C(=O)OCC)C2. The highest BCUT2D eigenvalue weighted by atomic mass is 16.6. The van der Waals surface area contributed by atoms with Crippen molar-refractivity contribution in [3.05, 3.63) is 34.9 Å². The van der Waals surface area contributed by atoms with Crippen LogP contribution in [0.4, 0.5) is 0 Å². The zero-order chi connectivity index (χ0) is 24.3. The summed E-state index contributed by atoms with van der Waals surface area (Å²) in [6, 6.07) is 6.54. The second kappa shape index (κ2) is 13.4. The summed E-state index contributed by atoms with van der Waals surface area (Å²) in [5, 5.41) is 2.64. The number of carbonyl (C=O) groups excluding carboxylic acids is 3. The smallest absolute Gasteiger partial charge is 0.344 e. The van der Waals surface area contributed by atoms with Gasteiger partial charge in [-0.2, -0.15) is 0 Å². The standard InChI is InChI=1S/C27H41NO5/c1-5-8-9-10-11-12-13-21-14-15-23-19-24(17-16-22(23)18-21)27(28-20(4)29,25(30)32-6-2)26(31)33-7-3/h14-15,18,24H,5-13,16-17,19H2,1-4H3,(H,28,29). The molecule has 1 aliphatic rings. The lowest BCUT2D eigenvalue weighted by atomic mass is 9.72. The summed E-state index contributed by atoms with van der Waals surface area (Å²) in [6.45, 7) is 7.14. The van der Waals surface area contributed by atoms with Crippen LogP contribution in [0.15, 0.2) is 18.2 Å². The van der Waals surface area contributed by atoms with Crippen molar-refractivity contribution in [1.82, 2.24) is 5.32 Å². The topological polar surface area (TPSA) is 81.7 Å². The Bertz CT molecular complexity index is 786. The Morgan fingerprint density at radius 2 is 1.58 bits per heavy atom. The minimum atomic E-state index is -1.83. The number of benzene rings is 1. The monoisotopic (exact) mass is 459 g/mol. The van der Waals surface area contributed by atoms with Gasteiger partial charge >= 0.3 is 11.9 Å². The van der Waals surface area contributed by atoms with Crippen molar-refractivity contribution in [1.29, 1.82) is 0 Å². The molecule has 0 bridgehead atoms. The molecule has 1 atom stereocenters. The van der Waals surface area contributed by atoms with Gasteiger partial charge in [0.05, 0.1) is 13.2 Å². The average Bonchev–Trinajstić information content (AvgIpc) is 2.79. The van der Waals surface area contributed by atoms with E-state index in [0.717, 1.165) is 18.4 Å². The van der Waals surface area contributed by atoms with E-state index in [1.54, 1.807) is 13.8 Å². The number of hydrogen-bond acceptors (Lipinski definition) is 5. The Hall–Kier alpha value is -2.37. The molecule has 1 aromatic carbocycles. The van der Waals surface area contributed by atoms with E-state index in [1.165, 1.54) is 56.6 Å². The van der Waals surface area contributed by atoms with Crippen LogP contribution in [0, 0.1) is 5.92 Å². The summed E-state index contributed by atoms with van der Waals surface area (Å²) < 4.78 is 10.5. The molecule has 1 unspecified atom stereocenters. The summed E-state index contributed by atoms with van der Waals surface area (Å²) in [5.74, 6) is -2.38. The van der Waals surface area contributed by atoms with Gasteiger partial charge in [0.1, 0.15) is 0 Å². The molecular weight excluding hydrogens is 418 g/mol. The number of aryl methyl sites for hydroxylation is 2. The molecule has 1 aliphatic carbocycles. The molecule has 0 aromatic heterocycles. The molecule has 6 heteroatoms. The number of rotatable bonds is 13. The second-order valence-electron chi connectivity index (χ2n) is 8.99. The third kappa shape index (κ3) is 7.05. The Balaban J connectivity index is 2.19. The molecule has 0 saturated heterocycles. The van der Waals surface area contributed by atoms with E-state index in [0.29, 0.717) is 12.8 Å². The van der Waals surface area contributed by atoms with Crippen LogP contribution in [-0.4, -0.2) is 36.6 Å². The van der Waals surface area contributed by atoms with Crippen LogP contribution in [-0.2, 0) is 43.1 Å². The fourth-order valence-corrected chi connectivity index (χ4v) is 4.83. The van der Waals surface area contributed by atoms with Gasteiger partial charge in [0.15, 0.2) is 0 Å². The Kier molecular flexibility index (Phi) is 10.9. The predicted octanol–water partition coefficient (Wildman–Crippen LogP) is 4.70. The van der Waals surface area contributed by atoms with E-state index in [-0.39, 0.29) is 13.2 Å². The molecule has 33 heavy (non-hydrogen) atoms. The van der Waals surface area contributed by atoms with Crippen LogP contribution in [0.5, 0.6) is 0 Å². The van der Waals surface area contributed by atoms with Gasteiger partial charge in [-0.05, 0) is 62.6 Å². The van der Waals surface area contributed by atoms with E-state index in [1.807, 2.05) is 0 Å². The van der Waals surface area contributed by atoms with Crippen LogP contribution >= 0.6 is 0 Å². The predicted molar refractivity (Wildman–Crippen MR) is 129 cm³/mol. The van der Waals surface area contributed by atoms with E-state index in [2.05, 4.69) is 30.4 Å². The van der Waals surface area contributed by atoms with Crippen molar-refractivity contribution in [2.45, 2.75) is 97.4 Å². The molecule has 0 spiro atoms. The van der Waals surface area contributed by atoms with Crippen molar-refractivity contribution in [3.63, 3.8) is 0 Å². The molecule has 1 N–H and O–H groups in total. The van der Waals surface area contributed by atoms with Crippen molar-refractivity contribution in [2.24, 2.45) is 5.92 Å². The van der Waals surface area contributed by atoms with Crippen LogP contribution in [0.2, 0.25) is 0 Å². The summed E-state index contributed by atoms with van der Waals surface area (Å²) >= 11 is 0. The van der Waals surface area contributed by atoms with E-state index in [9.17, 15) is 14.4 Å². The Labute approximate surface area is 198 Å². The van der Waals surface area contributed by atoms with Gasteiger partial charge in [0.25, 0.3) is 0 Å². The first kappa shape index (κ1) is 26.9. The fraction of sp³-hybridized carbons (Fsp3) is 0.667. The largest absolute Gasteiger partial charge is 0.464 e. The number of nitrogens with one attached hydrogen (secondary N) is 1. The van der Waals surface area contributed by atoms with E-state index >= 15 is 0 Å². The van der Waals surface area contributed by atoms with Crippen LogP contribution < -0.4 is 5.32 Å². The summed E-state index contributed by atoms with van der Waals surface area (Å²) in [5.41, 5.74) is 1.89. The maximum atomic E-state index is 13.1. The van der Waals surface area contributed by atoms with Crippen molar-refractivity contribution >= 4 is 17.8 Å². The molecule has 0 heterocycles. The maximum absolute atomic E-state index is 13.1. The minimum absolute atomic E-state index is 0.116.